The predicted octanol–water partition coefficient (Wildman–Crippen LogP) is -0.849. The van der Waals surface area contributed by atoms with E-state index in [1.807, 2.05) is 0 Å². The van der Waals surface area contributed by atoms with Crippen molar-refractivity contribution >= 4 is 5.71 Å². The number of benzene rings is 1. The summed E-state index contributed by atoms with van der Waals surface area (Å²) < 4.78 is 8.05. The molecule has 0 radical (unpaired) electrons. The molecule has 0 unspecified atom stereocenters. The van der Waals surface area contributed by atoms with Gasteiger partial charge in [-0.1, -0.05) is 6.07 Å². The van der Waals surface area contributed by atoms with Crippen molar-refractivity contribution in [2.24, 2.45) is 0 Å². The van der Waals surface area contributed by atoms with Crippen molar-refractivity contribution in [2.45, 2.75) is 20.8 Å². The highest BCUT2D eigenvalue weighted by Crippen LogP contribution is 2.26. The molecule has 0 atom stereocenters. The largest absolute Gasteiger partial charge is 1.00 e. The van der Waals surface area contributed by atoms with Gasteiger partial charge in [0.05, 0.1) is 5.56 Å². The van der Waals surface area contributed by atoms with Crippen molar-refractivity contribution in [3.8, 4) is 5.75 Å². The summed E-state index contributed by atoms with van der Waals surface area (Å²) in [5, 5.41) is 0. The van der Waals surface area contributed by atoms with E-state index in [1.165, 1.54) is 22.4 Å². The van der Waals surface area contributed by atoms with Crippen LogP contribution in [0.15, 0.2) is 12.1 Å². The Morgan fingerprint density at radius 1 is 1.19 bits per heavy atom. The van der Waals surface area contributed by atoms with Crippen LogP contribution in [0, 0.1) is 13.8 Å². The van der Waals surface area contributed by atoms with E-state index in [-0.39, 0.29) is 24.0 Å². The molecule has 2 nitrogen and oxygen atoms in total. The summed E-state index contributed by atoms with van der Waals surface area (Å²) in [5.41, 5.74) is 5.14. The summed E-state index contributed by atoms with van der Waals surface area (Å²) in [6.45, 7) is 8.15. The standard InChI is InChI=1S/C13H18NO.HI/c1-9-7-10(2)13-11(3)14(4)5-6-15-12(13)8-9;/h7-8H,5-6H2,1-4H3;1H/q+1;/p-1. The van der Waals surface area contributed by atoms with Crippen molar-refractivity contribution in [2.75, 3.05) is 20.2 Å². The Kier molecular flexibility index (Phi) is 4.35. The molecule has 1 aliphatic rings. The Balaban J connectivity index is 0.00000128. The second kappa shape index (κ2) is 5.17. The van der Waals surface area contributed by atoms with Gasteiger partial charge in [-0.3, -0.25) is 0 Å². The lowest BCUT2D eigenvalue weighted by atomic mass is 10.0. The van der Waals surface area contributed by atoms with Crippen LogP contribution >= 0.6 is 0 Å². The Labute approximate surface area is 114 Å². The lowest BCUT2D eigenvalue weighted by Crippen LogP contribution is -3.00. The molecule has 0 aliphatic carbocycles. The molecule has 0 N–H and O–H groups in total. The van der Waals surface area contributed by atoms with Gasteiger partial charge in [0.25, 0.3) is 0 Å². The molecule has 3 heteroatoms. The molecular formula is C13H18INO. The van der Waals surface area contributed by atoms with Gasteiger partial charge in [-0.05, 0) is 31.0 Å². The Morgan fingerprint density at radius 3 is 2.56 bits per heavy atom. The number of likely N-dealkylation sites (N-methyl/N-ethyl adjacent to an activating group) is 1. The van der Waals surface area contributed by atoms with Gasteiger partial charge in [-0.25, -0.2) is 4.58 Å². The van der Waals surface area contributed by atoms with Crippen LogP contribution in [0.2, 0.25) is 0 Å². The Bertz CT molecular complexity index is 438. The van der Waals surface area contributed by atoms with Crippen LogP contribution in [0.1, 0.15) is 23.6 Å². The number of halogens is 1. The SMILES string of the molecule is CC1=[N+](C)CCOc2cc(C)cc(C)c21.[I-]. The lowest BCUT2D eigenvalue weighted by Gasteiger charge is -2.09. The third-order valence-corrected chi connectivity index (χ3v) is 3.06. The van der Waals surface area contributed by atoms with Gasteiger partial charge in [0.2, 0.25) is 0 Å². The zero-order valence-corrected chi connectivity index (χ0v) is 12.5. The highest BCUT2D eigenvalue weighted by Gasteiger charge is 2.20. The Morgan fingerprint density at radius 2 is 1.88 bits per heavy atom. The monoisotopic (exact) mass is 331 g/mol. The van der Waals surface area contributed by atoms with E-state index in [2.05, 4.69) is 44.5 Å². The predicted molar refractivity (Wildman–Crippen MR) is 62.2 cm³/mol. The summed E-state index contributed by atoms with van der Waals surface area (Å²) in [4.78, 5) is 0. The maximum absolute atomic E-state index is 5.79. The average Bonchev–Trinajstić information content (AvgIpc) is 2.27. The summed E-state index contributed by atoms with van der Waals surface area (Å²) >= 11 is 0. The second-order valence-corrected chi connectivity index (χ2v) is 4.31. The molecule has 0 aromatic heterocycles. The number of rotatable bonds is 0. The number of fused-ring (bicyclic) bond motifs is 1. The summed E-state index contributed by atoms with van der Waals surface area (Å²) in [6, 6.07) is 4.34. The van der Waals surface area contributed by atoms with E-state index in [0.717, 1.165) is 18.9 Å². The fourth-order valence-electron chi connectivity index (χ4n) is 2.16. The summed E-state index contributed by atoms with van der Waals surface area (Å²) in [5.74, 6) is 1.04. The number of hydrogen-bond donors (Lipinski definition) is 0. The first-order valence-electron chi connectivity index (χ1n) is 5.38. The van der Waals surface area contributed by atoms with Crippen LogP contribution in [0.25, 0.3) is 0 Å². The van der Waals surface area contributed by atoms with E-state index in [9.17, 15) is 0 Å². The Hall–Kier alpha value is -0.580. The van der Waals surface area contributed by atoms with Crippen LogP contribution < -0.4 is 28.7 Å². The second-order valence-electron chi connectivity index (χ2n) is 4.31. The molecule has 2 rings (SSSR count). The smallest absolute Gasteiger partial charge is 0.184 e. The summed E-state index contributed by atoms with van der Waals surface area (Å²) in [6.07, 6.45) is 0. The van der Waals surface area contributed by atoms with E-state index in [4.69, 9.17) is 4.74 Å². The maximum Gasteiger partial charge on any atom is 0.184 e. The fraction of sp³-hybridized carbons (Fsp3) is 0.462. The van der Waals surface area contributed by atoms with Crippen molar-refractivity contribution in [3.63, 3.8) is 0 Å². The normalized spacial score (nSPS) is 14.8. The van der Waals surface area contributed by atoms with Gasteiger partial charge in [0.15, 0.2) is 12.3 Å². The third kappa shape index (κ3) is 2.39. The van der Waals surface area contributed by atoms with Crippen LogP contribution in [-0.2, 0) is 0 Å². The molecule has 0 amide bonds. The zero-order chi connectivity index (χ0) is 11.0. The minimum absolute atomic E-state index is 0. The zero-order valence-electron chi connectivity index (χ0n) is 10.3. The highest BCUT2D eigenvalue weighted by molar-refractivity contribution is 5.99. The van der Waals surface area contributed by atoms with Gasteiger partial charge in [-0.15, -0.1) is 0 Å². The van der Waals surface area contributed by atoms with Crippen molar-refractivity contribution < 1.29 is 33.3 Å². The minimum Gasteiger partial charge on any atom is -1.00 e. The summed E-state index contributed by atoms with van der Waals surface area (Å²) in [7, 11) is 2.12. The van der Waals surface area contributed by atoms with Crippen LogP contribution in [0.4, 0.5) is 0 Å². The quantitative estimate of drug-likeness (QED) is 0.446. The molecule has 0 fully saturated rings. The molecular weight excluding hydrogens is 313 g/mol. The molecule has 1 aromatic rings. The topological polar surface area (TPSA) is 12.2 Å². The van der Waals surface area contributed by atoms with E-state index in [1.54, 1.807) is 0 Å². The molecule has 0 saturated heterocycles. The molecule has 88 valence electrons. The molecule has 0 saturated carbocycles. The van der Waals surface area contributed by atoms with E-state index < -0.39 is 0 Å². The number of nitrogens with zero attached hydrogens (tertiary/aromatic N) is 1. The van der Waals surface area contributed by atoms with Gasteiger partial charge < -0.3 is 28.7 Å². The average molecular weight is 331 g/mol. The first-order chi connectivity index (χ1) is 7.09. The van der Waals surface area contributed by atoms with Crippen LogP contribution in [-0.4, -0.2) is 30.5 Å². The molecule has 1 aromatic carbocycles. The van der Waals surface area contributed by atoms with Crippen molar-refractivity contribution in [1.29, 1.82) is 0 Å². The molecule has 1 heterocycles. The van der Waals surface area contributed by atoms with E-state index in [0.29, 0.717) is 0 Å². The molecule has 1 aliphatic heterocycles. The van der Waals surface area contributed by atoms with Gasteiger partial charge in [0, 0.05) is 6.92 Å². The van der Waals surface area contributed by atoms with Crippen molar-refractivity contribution in [1.82, 2.24) is 0 Å². The number of ether oxygens (including phenoxy) is 1. The first kappa shape index (κ1) is 13.5. The van der Waals surface area contributed by atoms with Crippen LogP contribution in [0.3, 0.4) is 0 Å². The molecule has 0 spiro atoms. The molecule has 16 heavy (non-hydrogen) atoms. The third-order valence-electron chi connectivity index (χ3n) is 3.06. The molecule has 0 bridgehead atoms. The minimum atomic E-state index is 0. The van der Waals surface area contributed by atoms with Gasteiger partial charge in [-0.2, -0.15) is 0 Å². The fourth-order valence-corrected chi connectivity index (χ4v) is 2.16. The van der Waals surface area contributed by atoms with Crippen LogP contribution in [0.5, 0.6) is 5.75 Å². The van der Waals surface area contributed by atoms with Gasteiger partial charge >= 0.3 is 0 Å². The highest BCUT2D eigenvalue weighted by atomic mass is 127. The first-order valence-corrected chi connectivity index (χ1v) is 5.38. The van der Waals surface area contributed by atoms with Crippen molar-refractivity contribution in [3.05, 3.63) is 28.8 Å². The number of aryl methyl sites for hydroxylation is 2. The lowest BCUT2D eigenvalue weighted by molar-refractivity contribution is -0.497. The van der Waals surface area contributed by atoms with Gasteiger partial charge in [0.1, 0.15) is 19.4 Å². The number of hydrogen-bond acceptors (Lipinski definition) is 1. The maximum atomic E-state index is 5.79. The van der Waals surface area contributed by atoms with E-state index >= 15 is 0 Å².